The quantitative estimate of drug-likeness (QED) is 0.363. The van der Waals surface area contributed by atoms with Crippen LogP contribution in [0.4, 0.5) is 0 Å². The summed E-state index contributed by atoms with van der Waals surface area (Å²) < 4.78 is 0.991. The summed E-state index contributed by atoms with van der Waals surface area (Å²) in [6.07, 6.45) is 0.306. The normalized spacial score (nSPS) is 10.5. The molecular formula is C19H15BrN4OS. The van der Waals surface area contributed by atoms with E-state index in [0.717, 1.165) is 26.0 Å². The van der Waals surface area contributed by atoms with Gasteiger partial charge in [-0.1, -0.05) is 58.0 Å². The van der Waals surface area contributed by atoms with Crippen LogP contribution >= 0.6 is 27.7 Å². The second-order valence-electron chi connectivity index (χ2n) is 5.42. The van der Waals surface area contributed by atoms with Gasteiger partial charge in [0.25, 0.3) is 0 Å². The van der Waals surface area contributed by atoms with Gasteiger partial charge >= 0.3 is 0 Å². The highest BCUT2D eigenvalue weighted by atomic mass is 79.9. The Bertz CT molecular complexity index is 969. The van der Waals surface area contributed by atoms with E-state index in [2.05, 4.69) is 31.2 Å². The van der Waals surface area contributed by atoms with Crippen LogP contribution in [-0.4, -0.2) is 28.2 Å². The standard InChI is InChI=1S/C19H15BrN4OS/c20-14-8-6-13(7-9-14)18-23-16-5-2-1-4-15(16)19(24-18)26-12-17(25)22-11-3-10-21/h1-2,4-9H,3,11-12H2,(H,22,25). The molecule has 0 saturated carbocycles. The van der Waals surface area contributed by atoms with Gasteiger partial charge in [0, 0.05) is 22.0 Å². The van der Waals surface area contributed by atoms with Crippen molar-refractivity contribution < 1.29 is 4.79 Å². The van der Waals surface area contributed by atoms with Crippen LogP contribution in [0.1, 0.15) is 6.42 Å². The van der Waals surface area contributed by atoms with E-state index in [1.54, 1.807) is 0 Å². The van der Waals surface area contributed by atoms with Crippen molar-refractivity contribution in [3.05, 3.63) is 53.0 Å². The smallest absolute Gasteiger partial charge is 0.230 e. The fourth-order valence-electron chi connectivity index (χ4n) is 2.33. The number of para-hydroxylation sites is 1. The zero-order chi connectivity index (χ0) is 18.4. The summed E-state index contributed by atoms with van der Waals surface area (Å²) in [6, 6.07) is 17.6. The highest BCUT2D eigenvalue weighted by Gasteiger charge is 2.11. The van der Waals surface area contributed by atoms with Crippen molar-refractivity contribution in [2.45, 2.75) is 11.4 Å². The van der Waals surface area contributed by atoms with E-state index in [4.69, 9.17) is 5.26 Å². The van der Waals surface area contributed by atoms with Gasteiger partial charge in [-0.25, -0.2) is 9.97 Å². The van der Waals surface area contributed by atoms with Crippen molar-refractivity contribution >= 4 is 44.5 Å². The lowest BCUT2D eigenvalue weighted by Gasteiger charge is -2.09. The maximum Gasteiger partial charge on any atom is 0.230 e. The Morgan fingerprint density at radius 3 is 2.69 bits per heavy atom. The number of aromatic nitrogens is 2. The van der Waals surface area contributed by atoms with E-state index in [1.165, 1.54) is 11.8 Å². The van der Waals surface area contributed by atoms with E-state index in [9.17, 15) is 4.79 Å². The molecular weight excluding hydrogens is 412 g/mol. The molecule has 26 heavy (non-hydrogen) atoms. The summed E-state index contributed by atoms with van der Waals surface area (Å²) in [5.41, 5.74) is 1.76. The number of halogens is 1. The second kappa shape index (κ2) is 8.79. The zero-order valence-corrected chi connectivity index (χ0v) is 16.2. The van der Waals surface area contributed by atoms with Crippen molar-refractivity contribution in [1.82, 2.24) is 15.3 Å². The van der Waals surface area contributed by atoms with Crippen molar-refractivity contribution in [3.8, 4) is 17.5 Å². The van der Waals surface area contributed by atoms with Gasteiger partial charge in [0.2, 0.25) is 5.91 Å². The summed E-state index contributed by atoms with van der Waals surface area (Å²) in [7, 11) is 0. The molecule has 3 aromatic rings. The highest BCUT2D eigenvalue weighted by molar-refractivity contribution is 9.10. The fraction of sp³-hybridized carbons (Fsp3) is 0.158. The van der Waals surface area contributed by atoms with Crippen LogP contribution < -0.4 is 5.32 Å². The van der Waals surface area contributed by atoms with Crippen LogP contribution in [0, 0.1) is 11.3 Å². The van der Waals surface area contributed by atoms with Gasteiger partial charge in [-0.15, -0.1) is 0 Å². The summed E-state index contributed by atoms with van der Waals surface area (Å²) in [5, 5.41) is 12.9. The molecule has 0 radical (unpaired) electrons. The molecule has 0 bridgehead atoms. The Balaban J connectivity index is 1.87. The number of hydrogen-bond donors (Lipinski definition) is 1. The van der Waals surface area contributed by atoms with E-state index >= 15 is 0 Å². The molecule has 1 heterocycles. The van der Waals surface area contributed by atoms with Crippen molar-refractivity contribution in [1.29, 1.82) is 5.26 Å². The third kappa shape index (κ3) is 4.59. The molecule has 0 atom stereocenters. The predicted octanol–water partition coefficient (Wildman–Crippen LogP) is 4.18. The molecule has 0 saturated heterocycles. The number of amides is 1. The SMILES string of the molecule is N#CCCNC(=O)CSc1nc(-c2ccc(Br)cc2)nc2ccccc12. The number of nitriles is 1. The maximum absolute atomic E-state index is 11.9. The third-order valence-electron chi connectivity index (χ3n) is 3.57. The minimum Gasteiger partial charge on any atom is -0.354 e. The van der Waals surface area contributed by atoms with Gasteiger partial charge < -0.3 is 5.32 Å². The fourth-order valence-corrected chi connectivity index (χ4v) is 3.44. The molecule has 1 amide bonds. The average molecular weight is 427 g/mol. The Kier molecular flexibility index (Phi) is 6.21. The summed E-state index contributed by atoms with van der Waals surface area (Å²) >= 11 is 4.80. The molecule has 0 aliphatic carbocycles. The number of nitrogens with zero attached hydrogens (tertiary/aromatic N) is 3. The summed E-state index contributed by atoms with van der Waals surface area (Å²) in [6.45, 7) is 0.366. The molecule has 0 aliphatic heterocycles. The third-order valence-corrected chi connectivity index (χ3v) is 5.09. The van der Waals surface area contributed by atoms with E-state index in [1.807, 2.05) is 54.6 Å². The molecule has 1 aromatic heterocycles. The van der Waals surface area contributed by atoms with Crippen molar-refractivity contribution in [3.63, 3.8) is 0 Å². The Labute approximate surface area is 164 Å². The Morgan fingerprint density at radius 2 is 1.92 bits per heavy atom. The molecule has 0 fully saturated rings. The number of carbonyl (C=O) groups is 1. The van der Waals surface area contributed by atoms with Gasteiger partial charge in [0.05, 0.1) is 23.8 Å². The number of thioether (sulfide) groups is 1. The minimum atomic E-state index is -0.113. The highest BCUT2D eigenvalue weighted by Crippen LogP contribution is 2.28. The largest absolute Gasteiger partial charge is 0.354 e. The number of nitrogens with one attached hydrogen (secondary N) is 1. The number of benzene rings is 2. The number of hydrogen-bond acceptors (Lipinski definition) is 5. The Morgan fingerprint density at radius 1 is 1.15 bits per heavy atom. The van der Waals surface area contributed by atoms with Gasteiger partial charge in [-0.05, 0) is 18.2 Å². The minimum absolute atomic E-state index is 0.113. The van der Waals surface area contributed by atoms with Crippen LogP contribution in [0.25, 0.3) is 22.3 Å². The van der Waals surface area contributed by atoms with E-state index in [0.29, 0.717) is 18.8 Å². The van der Waals surface area contributed by atoms with Crippen LogP contribution in [0.2, 0.25) is 0 Å². The zero-order valence-electron chi connectivity index (χ0n) is 13.8. The maximum atomic E-state index is 11.9. The number of rotatable bonds is 6. The van der Waals surface area contributed by atoms with Gasteiger partial charge in [0.1, 0.15) is 5.03 Å². The molecule has 5 nitrogen and oxygen atoms in total. The molecule has 130 valence electrons. The summed E-state index contributed by atoms with van der Waals surface area (Å²) in [4.78, 5) is 21.3. The number of carbonyl (C=O) groups excluding carboxylic acids is 1. The van der Waals surface area contributed by atoms with Gasteiger partial charge in [-0.3, -0.25) is 4.79 Å². The van der Waals surface area contributed by atoms with E-state index in [-0.39, 0.29) is 11.7 Å². The molecule has 2 aromatic carbocycles. The topological polar surface area (TPSA) is 78.7 Å². The molecule has 0 aliphatic rings. The van der Waals surface area contributed by atoms with Crippen LogP contribution in [0.15, 0.2) is 58.0 Å². The lowest BCUT2D eigenvalue weighted by Crippen LogP contribution is -2.25. The van der Waals surface area contributed by atoms with Crippen molar-refractivity contribution in [2.24, 2.45) is 0 Å². The van der Waals surface area contributed by atoms with Crippen LogP contribution in [-0.2, 0) is 4.79 Å². The van der Waals surface area contributed by atoms with E-state index < -0.39 is 0 Å². The van der Waals surface area contributed by atoms with Gasteiger partial charge in [0.15, 0.2) is 5.82 Å². The van der Waals surface area contributed by atoms with Gasteiger partial charge in [-0.2, -0.15) is 5.26 Å². The average Bonchev–Trinajstić information content (AvgIpc) is 2.66. The summed E-state index contributed by atoms with van der Waals surface area (Å²) in [5.74, 6) is 0.758. The molecule has 3 rings (SSSR count). The van der Waals surface area contributed by atoms with Crippen LogP contribution in [0.5, 0.6) is 0 Å². The molecule has 0 unspecified atom stereocenters. The monoisotopic (exact) mass is 426 g/mol. The number of fused-ring (bicyclic) bond motifs is 1. The first-order chi connectivity index (χ1) is 12.7. The van der Waals surface area contributed by atoms with Crippen molar-refractivity contribution in [2.75, 3.05) is 12.3 Å². The first-order valence-corrected chi connectivity index (χ1v) is 9.74. The van der Waals surface area contributed by atoms with Crippen LogP contribution in [0.3, 0.4) is 0 Å². The first kappa shape index (κ1) is 18.4. The predicted molar refractivity (Wildman–Crippen MR) is 107 cm³/mol. The Hall–Kier alpha value is -2.43. The molecule has 1 N–H and O–H groups in total. The lowest BCUT2D eigenvalue weighted by molar-refractivity contribution is -0.118. The molecule has 7 heteroatoms. The lowest BCUT2D eigenvalue weighted by atomic mass is 10.2. The first-order valence-electron chi connectivity index (χ1n) is 7.96. The molecule has 0 spiro atoms. The second-order valence-corrected chi connectivity index (χ2v) is 7.30.